The van der Waals surface area contributed by atoms with Gasteiger partial charge in [-0.1, -0.05) is 36.3 Å². The van der Waals surface area contributed by atoms with Crippen molar-refractivity contribution in [2.75, 3.05) is 7.11 Å². The van der Waals surface area contributed by atoms with E-state index in [9.17, 15) is 4.79 Å². The number of carbonyl (C=O) groups excluding carboxylic acids is 1. The van der Waals surface area contributed by atoms with E-state index < -0.39 is 11.8 Å². The van der Waals surface area contributed by atoms with Crippen molar-refractivity contribution in [3.8, 4) is 12.3 Å². The Morgan fingerprint density at radius 2 is 2.06 bits per heavy atom. The summed E-state index contributed by atoms with van der Waals surface area (Å²) >= 11 is 0. The van der Waals surface area contributed by atoms with Crippen molar-refractivity contribution in [3.05, 3.63) is 35.9 Å². The van der Waals surface area contributed by atoms with Gasteiger partial charge in [0, 0.05) is 6.42 Å². The quantitative estimate of drug-likeness (QED) is 0.577. The van der Waals surface area contributed by atoms with Gasteiger partial charge in [-0.15, -0.1) is 6.42 Å². The predicted octanol–water partition coefficient (Wildman–Crippen LogP) is 2.40. The van der Waals surface area contributed by atoms with Crippen LogP contribution in [-0.4, -0.2) is 18.9 Å². The van der Waals surface area contributed by atoms with Gasteiger partial charge in [0.1, 0.15) is 0 Å². The molecule has 0 saturated carbocycles. The molecular formula is C13H14O3. The van der Waals surface area contributed by atoms with Gasteiger partial charge >= 0.3 is 6.16 Å². The number of hydrogen-bond acceptors (Lipinski definition) is 3. The number of rotatable bonds is 3. The summed E-state index contributed by atoms with van der Waals surface area (Å²) in [5.41, 5.74) is 0.0286. The highest BCUT2D eigenvalue weighted by Gasteiger charge is 2.27. The minimum atomic E-state index is -0.978. The summed E-state index contributed by atoms with van der Waals surface area (Å²) in [6, 6.07) is 9.58. The lowest BCUT2D eigenvalue weighted by Gasteiger charge is -2.22. The average Bonchev–Trinajstić information content (AvgIpc) is 2.30. The molecule has 0 radical (unpaired) electrons. The Morgan fingerprint density at radius 3 is 2.56 bits per heavy atom. The Kier molecular flexibility index (Phi) is 3.96. The van der Waals surface area contributed by atoms with Crippen LogP contribution in [0.4, 0.5) is 4.79 Å². The van der Waals surface area contributed by atoms with Crippen molar-refractivity contribution < 1.29 is 14.3 Å². The average molecular weight is 218 g/mol. The summed E-state index contributed by atoms with van der Waals surface area (Å²) in [6.07, 6.45) is 5.07. The van der Waals surface area contributed by atoms with Crippen LogP contribution in [0.3, 0.4) is 0 Å². The third-order valence-corrected chi connectivity index (χ3v) is 2.16. The number of methoxy groups -OCH3 is 1. The van der Waals surface area contributed by atoms with Crippen LogP contribution in [0.5, 0.6) is 0 Å². The summed E-state index contributed by atoms with van der Waals surface area (Å²) in [6.45, 7) is 1.68. The number of terminal acetylenes is 1. The number of carbonyl (C=O) groups is 1. The zero-order chi connectivity index (χ0) is 12.0. The summed E-state index contributed by atoms with van der Waals surface area (Å²) in [5.74, 6) is 2.47. The molecular weight excluding hydrogens is 204 g/mol. The monoisotopic (exact) mass is 218 g/mol. The van der Waals surface area contributed by atoms with Gasteiger partial charge in [-0.25, -0.2) is 4.79 Å². The molecule has 0 N–H and O–H groups in total. The topological polar surface area (TPSA) is 35.5 Å². The Hall–Kier alpha value is -1.95. The molecule has 0 aliphatic heterocycles. The minimum absolute atomic E-state index is 0.458. The van der Waals surface area contributed by atoms with Crippen LogP contribution in [0.2, 0.25) is 0 Å². The van der Waals surface area contributed by atoms with E-state index >= 15 is 0 Å². The summed E-state index contributed by atoms with van der Waals surface area (Å²) in [7, 11) is 1.25. The Bertz CT molecular complexity index is 391. The van der Waals surface area contributed by atoms with Crippen LogP contribution in [0, 0.1) is 12.3 Å². The molecule has 3 nitrogen and oxygen atoms in total. The highest BCUT2D eigenvalue weighted by molar-refractivity contribution is 5.61. The largest absolute Gasteiger partial charge is 0.509 e. The highest BCUT2D eigenvalue weighted by atomic mass is 16.7. The van der Waals surface area contributed by atoms with Crippen LogP contribution < -0.4 is 0 Å². The SMILES string of the molecule is C#CC(C)(Cc1ccccc1)OC(=O)OC. The maximum Gasteiger partial charge on any atom is 0.509 e. The molecule has 0 saturated heterocycles. The first-order valence-electron chi connectivity index (χ1n) is 4.88. The number of benzene rings is 1. The third-order valence-electron chi connectivity index (χ3n) is 2.16. The van der Waals surface area contributed by atoms with Crippen LogP contribution in [0.15, 0.2) is 30.3 Å². The highest BCUT2D eigenvalue weighted by Crippen LogP contribution is 2.17. The van der Waals surface area contributed by atoms with E-state index in [1.165, 1.54) is 7.11 Å². The van der Waals surface area contributed by atoms with Crippen LogP contribution in [0.1, 0.15) is 12.5 Å². The first-order valence-corrected chi connectivity index (χ1v) is 4.88. The Labute approximate surface area is 95.4 Å². The molecule has 0 spiro atoms. The molecule has 0 amide bonds. The van der Waals surface area contributed by atoms with E-state index in [0.29, 0.717) is 6.42 Å². The maximum absolute atomic E-state index is 11.0. The second kappa shape index (κ2) is 5.22. The van der Waals surface area contributed by atoms with E-state index in [0.717, 1.165) is 5.56 Å². The Morgan fingerprint density at radius 1 is 1.44 bits per heavy atom. The van der Waals surface area contributed by atoms with Gasteiger partial charge in [-0.2, -0.15) is 0 Å². The van der Waals surface area contributed by atoms with Crippen LogP contribution in [0.25, 0.3) is 0 Å². The molecule has 0 aliphatic rings. The summed E-state index contributed by atoms with van der Waals surface area (Å²) < 4.78 is 9.47. The van der Waals surface area contributed by atoms with Gasteiger partial charge in [-0.05, 0) is 12.5 Å². The van der Waals surface area contributed by atoms with Gasteiger partial charge in [-0.3, -0.25) is 0 Å². The standard InChI is InChI=1S/C13H14O3/c1-4-13(2,16-12(14)15-3)10-11-8-6-5-7-9-11/h1,5-9H,10H2,2-3H3. The van der Waals surface area contributed by atoms with Crippen molar-refractivity contribution in [2.45, 2.75) is 18.9 Å². The lowest BCUT2D eigenvalue weighted by molar-refractivity contribution is 0.0138. The fraction of sp³-hybridized carbons (Fsp3) is 0.308. The molecule has 1 aromatic carbocycles. The van der Waals surface area contributed by atoms with Crippen LogP contribution in [-0.2, 0) is 15.9 Å². The summed E-state index contributed by atoms with van der Waals surface area (Å²) in [4.78, 5) is 11.0. The lowest BCUT2D eigenvalue weighted by atomic mass is 9.97. The maximum atomic E-state index is 11.0. The molecule has 0 aromatic heterocycles. The first-order chi connectivity index (χ1) is 7.59. The van der Waals surface area contributed by atoms with Crippen molar-refractivity contribution >= 4 is 6.16 Å². The van der Waals surface area contributed by atoms with Gasteiger partial charge in [0.15, 0.2) is 5.60 Å². The van der Waals surface area contributed by atoms with Crippen molar-refractivity contribution in [3.63, 3.8) is 0 Å². The predicted molar refractivity (Wildman–Crippen MR) is 60.9 cm³/mol. The fourth-order valence-electron chi connectivity index (χ4n) is 1.33. The van der Waals surface area contributed by atoms with Crippen LogP contribution >= 0.6 is 0 Å². The first kappa shape index (κ1) is 12.1. The molecule has 3 heteroatoms. The normalized spacial score (nSPS) is 13.3. The zero-order valence-corrected chi connectivity index (χ0v) is 9.40. The van der Waals surface area contributed by atoms with Gasteiger partial charge in [0.05, 0.1) is 7.11 Å². The molecule has 1 rings (SSSR count). The van der Waals surface area contributed by atoms with Crippen molar-refractivity contribution in [1.82, 2.24) is 0 Å². The van der Waals surface area contributed by atoms with Gasteiger partial charge in [0.2, 0.25) is 0 Å². The van der Waals surface area contributed by atoms with Gasteiger partial charge < -0.3 is 9.47 Å². The molecule has 1 unspecified atom stereocenters. The fourth-order valence-corrected chi connectivity index (χ4v) is 1.33. The van der Waals surface area contributed by atoms with E-state index in [-0.39, 0.29) is 0 Å². The zero-order valence-electron chi connectivity index (χ0n) is 9.40. The summed E-state index contributed by atoms with van der Waals surface area (Å²) in [5, 5.41) is 0. The molecule has 0 bridgehead atoms. The molecule has 0 heterocycles. The molecule has 1 atom stereocenters. The third kappa shape index (κ3) is 3.32. The minimum Gasteiger partial charge on any atom is -0.438 e. The second-order valence-corrected chi connectivity index (χ2v) is 3.59. The molecule has 1 aromatic rings. The number of ether oxygens (including phenoxy) is 2. The molecule has 0 fully saturated rings. The van der Waals surface area contributed by atoms with E-state index in [4.69, 9.17) is 11.2 Å². The molecule has 0 aliphatic carbocycles. The molecule has 16 heavy (non-hydrogen) atoms. The molecule has 84 valence electrons. The smallest absolute Gasteiger partial charge is 0.438 e. The van der Waals surface area contributed by atoms with E-state index in [1.54, 1.807) is 6.92 Å². The van der Waals surface area contributed by atoms with E-state index in [1.807, 2.05) is 30.3 Å². The van der Waals surface area contributed by atoms with E-state index in [2.05, 4.69) is 10.7 Å². The van der Waals surface area contributed by atoms with Gasteiger partial charge in [0.25, 0.3) is 0 Å². The van der Waals surface area contributed by atoms with Crippen molar-refractivity contribution in [2.24, 2.45) is 0 Å². The second-order valence-electron chi connectivity index (χ2n) is 3.59. The lowest BCUT2D eigenvalue weighted by Crippen LogP contribution is -2.32. The number of hydrogen-bond donors (Lipinski definition) is 0. The Balaban J connectivity index is 2.75. The van der Waals surface area contributed by atoms with Crippen molar-refractivity contribution in [1.29, 1.82) is 0 Å².